The summed E-state index contributed by atoms with van der Waals surface area (Å²) in [5.41, 5.74) is 0. The maximum absolute atomic E-state index is 10.6. The Balaban J connectivity index is 2.58. The molecule has 12 heavy (non-hydrogen) atoms. The Morgan fingerprint density at radius 2 is 2.33 bits per heavy atom. The van der Waals surface area contributed by atoms with Crippen molar-refractivity contribution in [2.24, 2.45) is 0 Å². The standard InChI is InChI=1S/C9H11ClO2/c1-2-3-4-7-5-6-8(12-7)9(10)11/h5-6H,2-4H2,1H3. The zero-order chi connectivity index (χ0) is 8.97. The highest BCUT2D eigenvalue weighted by Crippen LogP contribution is 2.12. The van der Waals surface area contributed by atoms with Crippen molar-refractivity contribution in [1.29, 1.82) is 0 Å². The normalized spacial score (nSPS) is 10.2. The van der Waals surface area contributed by atoms with Gasteiger partial charge in [-0.05, 0) is 30.2 Å². The number of hydrogen-bond acceptors (Lipinski definition) is 2. The smallest absolute Gasteiger partial charge is 0.287 e. The second kappa shape index (κ2) is 4.31. The van der Waals surface area contributed by atoms with Crippen LogP contribution in [0, 0.1) is 0 Å². The molecule has 0 aliphatic rings. The minimum Gasteiger partial charge on any atom is -0.457 e. The lowest BCUT2D eigenvalue weighted by atomic mass is 10.2. The number of hydrogen-bond donors (Lipinski definition) is 0. The van der Waals surface area contributed by atoms with Gasteiger partial charge in [0, 0.05) is 6.42 Å². The number of carbonyl (C=O) groups excluding carboxylic acids is 1. The molecule has 0 aromatic carbocycles. The van der Waals surface area contributed by atoms with Crippen LogP contribution in [0.1, 0.15) is 36.1 Å². The molecule has 0 unspecified atom stereocenters. The molecule has 2 nitrogen and oxygen atoms in total. The third-order valence-electron chi connectivity index (χ3n) is 1.63. The highest BCUT2D eigenvalue weighted by molar-refractivity contribution is 6.67. The lowest BCUT2D eigenvalue weighted by Crippen LogP contribution is -1.83. The van der Waals surface area contributed by atoms with Gasteiger partial charge < -0.3 is 4.42 Å². The maximum atomic E-state index is 10.6. The first-order valence-corrected chi connectivity index (χ1v) is 4.40. The topological polar surface area (TPSA) is 30.2 Å². The molecule has 0 spiro atoms. The first-order chi connectivity index (χ1) is 5.74. The molecular formula is C9H11ClO2. The van der Waals surface area contributed by atoms with Gasteiger partial charge in [0.1, 0.15) is 5.76 Å². The second-order valence-corrected chi connectivity index (χ2v) is 2.99. The van der Waals surface area contributed by atoms with Crippen LogP contribution in [-0.4, -0.2) is 5.24 Å². The molecule has 0 radical (unpaired) electrons. The summed E-state index contributed by atoms with van der Waals surface area (Å²) in [7, 11) is 0. The van der Waals surface area contributed by atoms with Gasteiger partial charge in [-0.2, -0.15) is 0 Å². The van der Waals surface area contributed by atoms with Gasteiger partial charge in [-0.3, -0.25) is 4.79 Å². The molecule has 0 aliphatic carbocycles. The summed E-state index contributed by atoms with van der Waals surface area (Å²) in [6, 6.07) is 3.41. The Bertz CT molecular complexity index is 265. The van der Waals surface area contributed by atoms with Crippen LogP contribution in [0.4, 0.5) is 0 Å². The van der Waals surface area contributed by atoms with Gasteiger partial charge in [-0.25, -0.2) is 0 Å². The highest BCUT2D eigenvalue weighted by Gasteiger charge is 2.06. The summed E-state index contributed by atoms with van der Waals surface area (Å²) < 4.78 is 5.17. The second-order valence-electron chi connectivity index (χ2n) is 2.64. The van der Waals surface area contributed by atoms with Gasteiger partial charge in [0.25, 0.3) is 5.24 Å². The Morgan fingerprint density at radius 3 is 2.83 bits per heavy atom. The first kappa shape index (κ1) is 9.33. The summed E-state index contributed by atoms with van der Waals surface area (Å²) in [5.74, 6) is 1.07. The van der Waals surface area contributed by atoms with Crippen molar-refractivity contribution in [3.63, 3.8) is 0 Å². The highest BCUT2D eigenvalue weighted by atomic mass is 35.5. The van der Waals surface area contributed by atoms with Crippen molar-refractivity contribution < 1.29 is 9.21 Å². The van der Waals surface area contributed by atoms with Crippen LogP contribution in [0.3, 0.4) is 0 Å². The number of rotatable bonds is 4. The van der Waals surface area contributed by atoms with E-state index in [0.29, 0.717) is 0 Å². The van der Waals surface area contributed by atoms with Crippen molar-refractivity contribution in [3.05, 3.63) is 23.7 Å². The predicted molar refractivity (Wildman–Crippen MR) is 47.5 cm³/mol. The van der Waals surface area contributed by atoms with Gasteiger partial charge >= 0.3 is 0 Å². The number of furan rings is 1. The van der Waals surface area contributed by atoms with E-state index in [4.69, 9.17) is 16.0 Å². The molecule has 1 heterocycles. The molecule has 0 aliphatic heterocycles. The quantitative estimate of drug-likeness (QED) is 0.677. The fourth-order valence-electron chi connectivity index (χ4n) is 0.969. The minimum atomic E-state index is -0.530. The summed E-state index contributed by atoms with van der Waals surface area (Å²) >= 11 is 5.22. The largest absolute Gasteiger partial charge is 0.457 e. The maximum Gasteiger partial charge on any atom is 0.287 e. The van der Waals surface area contributed by atoms with Crippen LogP contribution in [0.5, 0.6) is 0 Å². The average Bonchev–Trinajstić information content (AvgIpc) is 2.48. The zero-order valence-corrected chi connectivity index (χ0v) is 7.73. The minimum absolute atomic E-state index is 0.239. The van der Waals surface area contributed by atoms with E-state index in [1.54, 1.807) is 12.1 Å². The monoisotopic (exact) mass is 186 g/mol. The van der Waals surface area contributed by atoms with Crippen LogP contribution in [-0.2, 0) is 6.42 Å². The molecule has 0 fully saturated rings. The molecular weight excluding hydrogens is 176 g/mol. The lowest BCUT2D eigenvalue weighted by Gasteiger charge is -1.91. The van der Waals surface area contributed by atoms with Crippen molar-refractivity contribution in [1.82, 2.24) is 0 Å². The van der Waals surface area contributed by atoms with E-state index in [9.17, 15) is 4.79 Å². The molecule has 1 aromatic rings. The Labute approximate surface area is 76.5 Å². The van der Waals surface area contributed by atoms with Crippen LogP contribution >= 0.6 is 11.6 Å². The number of unbranched alkanes of at least 4 members (excludes halogenated alkanes) is 1. The van der Waals surface area contributed by atoms with Crippen LogP contribution < -0.4 is 0 Å². The summed E-state index contributed by atoms with van der Waals surface area (Å²) in [6.07, 6.45) is 3.06. The molecule has 1 aromatic heterocycles. The fourth-order valence-corrected chi connectivity index (χ4v) is 1.07. The SMILES string of the molecule is CCCCc1ccc(C(=O)Cl)o1. The van der Waals surface area contributed by atoms with E-state index in [0.717, 1.165) is 25.0 Å². The van der Waals surface area contributed by atoms with E-state index in [2.05, 4.69) is 6.92 Å². The first-order valence-electron chi connectivity index (χ1n) is 4.02. The summed E-state index contributed by atoms with van der Waals surface area (Å²) in [5, 5.41) is -0.530. The van der Waals surface area contributed by atoms with Crippen molar-refractivity contribution in [2.75, 3.05) is 0 Å². The number of aryl methyl sites for hydroxylation is 1. The molecule has 3 heteroatoms. The average molecular weight is 187 g/mol. The number of halogens is 1. The Morgan fingerprint density at radius 1 is 1.58 bits per heavy atom. The van der Waals surface area contributed by atoms with Crippen molar-refractivity contribution >= 4 is 16.8 Å². The van der Waals surface area contributed by atoms with E-state index in [-0.39, 0.29) is 5.76 Å². The van der Waals surface area contributed by atoms with Gasteiger partial charge in [-0.15, -0.1) is 0 Å². The third kappa shape index (κ3) is 2.38. The molecule has 0 atom stereocenters. The Kier molecular flexibility index (Phi) is 3.35. The molecule has 1 rings (SSSR count). The number of carbonyl (C=O) groups is 1. The molecule has 0 saturated carbocycles. The van der Waals surface area contributed by atoms with Gasteiger partial charge in [0.2, 0.25) is 0 Å². The summed E-state index contributed by atoms with van der Waals surface area (Å²) in [4.78, 5) is 10.6. The fraction of sp³-hybridized carbons (Fsp3) is 0.444. The van der Waals surface area contributed by atoms with E-state index in [1.807, 2.05) is 0 Å². The summed E-state index contributed by atoms with van der Waals surface area (Å²) in [6.45, 7) is 2.11. The lowest BCUT2D eigenvalue weighted by molar-refractivity contribution is 0.105. The van der Waals surface area contributed by atoms with Gasteiger partial charge in [-0.1, -0.05) is 13.3 Å². The molecule has 0 saturated heterocycles. The van der Waals surface area contributed by atoms with Crippen molar-refractivity contribution in [2.45, 2.75) is 26.2 Å². The van der Waals surface area contributed by atoms with Crippen LogP contribution in [0.2, 0.25) is 0 Å². The zero-order valence-electron chi connectivity index (χ0n) is 6.97. The molecule has 66 valence electrons. The van der Waals surface area contributed by atoms with Crippen LogP contribution in [0.15, 0.2) is 16.5 Å². The van der Waals surface area contributed by atoms with Crippen LogP contribution in [0.25, 0.3) is 0 Å². The predicted octanol–water partition coefficient (Wildman–Crippen LogP) is 3.00. The molecule has 0 amide bonds. The Hall–Kier alpha value is -0.760. The van der Waals surface area contributed by atoms with Gasteiger partial charge in [0.05, 0.1) is 0 Å². The van der Waals surface area contributed by atoms with Gasteiger partial charge in [0.15, 0.2) is 5.76 Å². The van der Waals surface area contributed by atoms with E-state index < -0.39 is 5.24 Å². The van der Waals surface area contributed by atoms with Crippen molar-refractivity contribution in [3.8, 4) is 0 Å². The molecule has 0 bridgehead atoms. The molecule has 0 N–H and O–H groups in total. The van der Waals surface area contributed by atoms with E-state index in [1.165, 1.54) is 0 Å². The third-order valence-corrected chi connectivity index (χ3v) is 1.82. The van der Waals surface area contributed by atoms with E-state index >= 15 is 0 Å².